The average molecular weight is 262 g/mol. The smallest absolute Gasteiger partial charge is 0.261 e. The molecule has 0 atom stereocenters. The van der Waals surface area contributed by atoms with Gasteiger partial charge in [-0.05, 0) is 38.1 Å². The minimum Gasteiger partial charge on any atom is -0.278 e. The van der Waals surface area contributed by atoms with Crippen LogP contribution in [0.3, 0.4) is 0 Å². The quantitative estimate of drug-likeness (QED) is 0.924. The van der Waals surface area contributed by atoms with E-state index in [1.165, 1.54) is 0 Å². The first-order valence-electron chi connectivity index (χ1n) is 5.50. The number of aromatic nitrogens is 1. The lowest BCUT2D eigenvalue weighted by molar-refractivity contribution is 0.601. The van der Waals surface area contributed by atoms with Crippen molar-refractivity contribution in [3.63, 3.8) is 0 Å². The number of rotatable bonds is 3. The van der Waals surface area contributed by atoms with Crippen molar-refractivity contribution in [1.82, 2.24) is 4.98 Å². The molecule has 1 aromatic carbocycles. The van der Waals surface area contributed by atoms with E-state index in [9.17, 15) is 8.42 Å². The predicted octanol–water partition coefficient (Wildman–Crippen LogP) is 2.50. The van der Waals surface area contributed by atoms with Crippen molar-refractivity contribution in [3.8, 4) is 0 Å². The second kappa shape index (κ2) is 4.78. The van der Waals surface area contributed by atoms with Crippen molar-refractivity contribution >= 4 is 15.7 Å². The molecule has 1 heterocycles. The van der Waals surface area contributed by atoms with Crippen molar-refractivity contribution < 1.29 is 8.42 Å². The maximum Gasteiger partial charge on any atom is 0.261 e. The highest BCUT2D eigenvalue weighted by atomic mass is 32.2. The molecule has 0 radical (unpaired) electrons. The van der Waals surface area contributed by atoms with Crippen LogP contribution in [0.15, 0.2) is 47.5 Å². The van der Waals surface area contributed by atoms with Gasteiger partial charge in [0.2, 0.25) is 0 Å². The SMILES string of the molecule is Cc1ccc(S(=O)(=O)Nc2cccnc2C)cc1. The largest absolute Gasteiger partial charge is 0.278 e. The van der Waals surface area contributed by atoms with E-state index < -0.39 is 10.0 Å². The zero-order valence-corrected chi connectivity index (χ0v) is 11.0. The van der Waals surface area contributed by atoms with Gasteiger partial charge in [-0.3, -0.25) is 9.71 Å². The summed E-state index contributed by atoms with van der Waals surface area (Å²) in [6, 6.07) is 10.1. The number of nitrogens with zero attached hydrogens (tertiary/aromatic N) is 1. The molecule has 0 aliphatic carbocycles. The third-order valence-corrected chi connectivity index (χ3v) is 3.96. The highest BCUT2D eigenvalue weighted by Gasteiger charge is 2.14. The van der Waals surface area contributed by atoms with E-state index in [0.29, 0.717) is 11.4 Å². The second-order valence-electron chi connectivity index (χ2n) is 4.05. The summed E-state index contributed by atoms with van der Waals surface area (Å²) in [4.78, 5) is 4.29. The zero-order chi connectivity index (χ0) is 13.2. The van der Waals surface area contributed by atoms with Gasteiger partial charge in [-0.2, -0.15) is 0 Å². The number of hydrogen-bond acceptors (Lipinski definition) is 3. The van der Waals surface area contributed by atoms with Gasteiger partial charge in [-0.15, -0.1) is 0 Å². The summed E-state index contributed by atoms with van der Waals surface area (Å²) >= 11 is 0. The van der Waals surface area contributed by atoms with Crippen LogP contribution >= 0.6 is 0 Å². The average Bonchev–Trinajstić information content (AvgIpc) is 2.32. The molecule has 0 saturated heterocycles. The van der Waals surface area contributed by atoms with Gasteiger partial charge < -0.3 is 0 Å². The Morgan fingerprint density at radius 3 is 2.33 bits per heavy atom. The first-order valence-corrected chi connectivity index (χ1v) is 6.98. The van der Waals surface area contributed by atoms with Crippen LogP contribution in [0.25, 0.3) is 0 Å². The van der Waals surface area contributed by atoms with Crippen LogP contribution in [0.4, 0.5) is 5.69 Å². The van der Waals surface area contributed by atoms with Gasteiger partial charge in [0.05, 0.1) is 16.3 Å². The fourth-order valence-corrected chi connectivity index (χ4v) is 2.63. The number of aryl methyl sites for hydroxylation is 2. The maximum absolute atomic E-state index is 12.1. The monoisotopic (exact) mass is 262 g/mol. The topological polar surface area (TPSA) is 59.1 Å². The minimum atomic E-state index is -3.54. The molecular weight excluding hydrogens is 248 g/mol. The summed E-state index contributed by atoms with van der Waals surface area (Å²) in [5.74, 6) is 0. The lowest BCUT2D eigenvalue weighted by Gasteiger charge is -2.09. The molecule has 1 N–H and O–H groups in total. The molecule has 0 spiro atoms. The van der Waals surface area contributed by atoms with Crippen molar-refractivity contribution in [2.75, 3.05) is 4.72 Å². The molecule has 0 unspecified atom stereocenters. The van der Waals surface area contributed by atoms with Crippen LogP contribution in [0.2, 0.25) is 0 Å². The summed E-state index contributed by atoms with van der Waals surface area (Å²) in [6.45, 7) is 3.67. The highest BCUT2D eigenvalue weighted by molar-refractivity contribution is 7.92. The first kappa shape index (κ1) is 12.6. The van der Waals surface area contributed by atoms with Crippen molar-refractivity contribution in [1.29, 1.82) is 0 Å². The molecular formula is C13H14N2O2S. The third-order valence-electron chi connectivity index (χ3n) is 2.58. The van der Waals surface area contributed by atoms with E-state index in [1.54, 1.807) is 49.5 Å². The molecule has 0 bridgehead atoms. The van der Waals surface area contributed by atoms with Gasteiger partial charge in [-0.25, -0.2) is 8.42 Å². The van der Waals surface area contributed by atoms with Gasteiger partial charge in [0.1, 0.15) is 0 Å². The summed E-state index contributed by atoms with van der Waals surface area (Å²) in [6.07, 6.45) is 1.62. The molecule has 94 valence electrons. The molecule has 4 nitrogen and oxygen atoms in total. The van der Waals surface area contributed by atoms with E-state index in [1.807, 2.05) is 6.92 Å². The predicted molar refractivity (Wildman–Crippen MR) is 71.0 cm³/mol. The molecule has 0 aliphatic heterocycles. The fraction of sp³-hybridized carbons (Fsp3) is 0.154. The molecule has 5 heteroatoms. The number of nitrogens with one attached hydrogen (secondary N) is 1. The van der Waals surface area contributed by atoms with Crippen LogP contribution in [0.1, 0.15) is 11.3 Å². The van der Waals surface area contributed by atoms with Gasteiger partial charge >= 0.3 is 0 Å². The van der Waals surface area contributed by atoms with Crippen LogP contribution < -0.4 is 4.72 Å². The minimum absolute atomic E-state index is 0.247. The first-order chi connectivity index (χ1) is 8.49. The standard InChI is InChI=1S/C13H14N2O2S/c1-10-5-7-12(8-6-10)18(16,17)15-13-4-3-9-14-11(13)2/h3-9,15H,1-2H3. The second-order valence-corrected chi connectivity index (χ2v) is 5.74. The Morgan fingerprint density at radius 2 is 1.72 bits per heavy atom. The third kappa shape index (κ3) is 2.68. The number of anilines is 1. The zero-order valence-electron chi connectivity index (χ0n) is 10.2. The van der Waals surface area contributed by atoms with Crippen LogP contribution in [0, 0.1) is 13.8 Å². The van der Waals surface area contributed by atoms with Crippen molar-refractivity contribution in [3.05, 3.63) is 53.9 Å². The lowest BCUT2D eigenvalue weighted by atomic mass is 10.2. The summed E-state index contributed by atoms with van der Waals surface area (Å²) in [5, 5.41) is 0. The number of pyridine rings is 1. The lowest BCUT2D eigenvalue weighted by Crippen LogP contribution is -2.14. The van der Waals surface area contributed by atoms with Crippen molar-refractivity contribution in [2.24, 2.45) is 0 Å². The Kier molecular flexibility index (Phi) is 3.34. The summed E-state index contributed by atoms with van der Waals surface area (Å²) < 4.78 is 26.8. The van der Waals surface area contributed by atoms with E-state index in [0.717, 1.165) is 5.56 Å². The highest BCUT2D eigenvalue weighted by Crippen LogP contribution is 2.18. The van der Waals surface area contributed by atoms with Crippen LogP contribution in [-0.2, 0) is 10.0 Å². The van der Waals surface area contributed by atoms with Crippen molar-refractivity contribution in [2.45, 2.75) is 18.7 Å². The normalized spacial score (nSPS) is 11.2. The van der Waals surface area contributed by atoms with E-state index in [4.69, 9.17) is 0 Å². The molecule has 0 aliphatic rings. The Balaban J connectivity index is 2.33. The van der Waals surface area contributed by atoms with Gasteiger partial charge in [0, 0.05) is 6.20 Å². The van der Waals surface area contributed by atoms with Gasteiger partial charge in [0.15, 0.2) is 0 Å². The Bertz CT molecular complexity index is 649. The van der Waals surface area contributed by atoms with Gasteiger partial charge in [0.25, 0.3) is 10.0 Å². The molecule has 0 amide bonds. The molecule has 2 rings (SSSR count). The Morgan fingerprint density at radius 1 is 1.06 bits per heavy atom. The van der Waals surface area contributed by atoms with E-state index in [2.05, 4.69) is 9.71 Å². The Labute approximate surface area is 107 Å². The molecule has 18 heavy (non-hydrogen) atoms. The Hall–Kier alpha value is -1.88. The molecule has 0 fully saturated rings. The molecule has 2 aromatic rings. The summed E-state index contributed by atoms with van der Waals surface area (Å²) in [5.41, 5.74) is 2.16. The van der Waals surface area contributed by atoms with Crippen LogP contribution in [-0.4, -0.2) is 13.4 Å². The molecule has 1 aromatic heterocycles. The number of benzene rings is 1. The fourth-order valence-electron chi connectivity index (χ4n) is 1.51. The van der Waals surface area contributed by atoms with E-state index in [-0.39, 0.29) is 4.90 Å². The number of sulfonamides is 1. The molecule has 0 saturated carbocycles. The van der Waals surface area contributed by atoms with E-state index >= 15 is 0 Å². The van der Waals surface area contributed by atoms with Crippen LogP contribution in [0.5, 0.6) is 0 Å². The van der Waals surface area contributed by atoms with Gasteiger partial charge in [-0.1, -0.05) is 17.7 Å². The summed E-state index contributed by atoms with van der Waals surface area (Å²) in [7, 11) is -3.54. The maximum atomic E-state index is 12.1. The number of hydrogen-bond donors (Lipinski definition) is 1.